The highest BCUT2D eigenvalue weighted by Crippen LogP contribution is 2.33. The van der Waals surface area contributed by atoms with Crippen molar-refractivity contribution in [1.29, 1.82) is 0 Å². The highest BCUT2D eigenvalue weighted by Gasteiger charge is 2.14. The van der Waals surface area contributed by atoms with Crippen molar-refractivity contribution in [3.05, 3.63) is 54.1 Å². The summed E-state index contributed by atoms with van der Waals surface area (Å²) in [5.41, 5.74) is 1.48. The monoisotopic (exact) mass is 244 g/mol. The van der Waals surface area contributed by atoms with Crippen LogP contribution < -0.4 is 4.74 Å². The molecule has 1 rings (SSSR count). The van der Waals surface area contributed by atoms with Crippen LogP contribution in [0.15, 0.2) is 43.0 Å². The molecule has 0 heterocycles. The molecule has 0 aliphatic carbocycles. The number of phenols is 1. The molecule has 0 saturated carbocycles. The molecule has 0 aromatic heterocycles. The lowest BCUT2D eigenvalue weighted by atomic mass is 10.0. The second kappa shape index (κ2) is 5.87. The van der Waals surface area contributed by atoms with Gasteiger partial charge >= 0.3 is 0 Å². The van der Waals surface area contributed by atoms with E-state index in [4.69, 9.17) is 4.74 Å². The average Bonchev–Trinajstić information content (AvgIpc) is 2.35. The summed E-state index contributed by atoms with van der Waals surface area (Å²) in [6, 6.07) is 3.14. The third-order valence-electron chi connectivity index (χ3n) is 2.38. The van der Waals surface area contributed by atoms with Gasteiger partial charge in [0, 0.05) is 0 Å². The van der Waals surface area contributed by atoms with E-state index in [2.05, 4.69) is 13.2 Å². The molecule has 0 aliphatic heterocycles. The van der Waals surface area contributed by atoms with Gasteiger partial charge in [-0.2, -0.15) is 0 Å². The minimum Gasteiger partial charge on any atom is -0.506 e. The predicted octanol–water partition coefficient (Wildman–Crippen LogP) is 3.36. The summed E-state index contributed by atoms with van der Waals surface area (Å²) < 4.78 is 5.15. The number of phenolic OH excluding ortho intramolecular Hbond substituents is 1. The Morgan fingerprint density at radius 2 is 2.11 bits per heavy atom. The molecule has 1 aromatic carbocycles. The number of methoxy groups -OCH3 is 1. The van der Waals surface area contributed by atoms with Gasteiger partial charge in [0.2, 0.25) is 0 Å². The van der Waals surface area contributed by atoms with Crippen LogP contribution in [0.25, 0.3) is 6.08 Å². The normalized spacial score (nSPS) is 10.3. The van der Waals surface area contributed by atoms with Crippen molar-refractivity contribution in [3.8, 4) is 11.5 Å². The molecule has 0 unspecified atom stereocenters. The first-order valence-electron chi connectivity index (χ1n) is 5.41. The van der Waals surface area contributed by atoms with Crippen molar-refractivity contribution >= 4 is 11.9 Å². The Bertz CT molecular complexity index is 525. The van der Waals surface area contributed by atoms with E-state index in [1.807, 2.05) is 6.92 Å². The maximum atomic E-state index is 11.6. The van der Waals surface area contributed by atoms with Crippen LogP contribution in [0.5, 0.6) is 11.5 Å². The van der Waals surface area contributed by atoms with E-state index < -0.39 is 0 Å². The summed E-state index contributed by atoms with van der Waals surface area (Å²) in [5, 5.41) is 10.1. The molecule has 0 radical (unpaired) electrons. The van der Waals surface area contributed by atoms with E-state index in [1.165, 1.54) is 13.2 Å². The number of ketones is 1. The molecule has 3 heteroatoms. The fraction of sp³-hybridized carbons (Fsp3) is 0.133. The molecule has 0 amide bonds. The Hall–Kier alpha value is -2.29. The molecule has 0 fully saturated rings. The Morgan fingerprint density at radius 3 is 2.61 bits per heavy atom. The van der Waals surface area contributed by atoms with Crippen LogP contribution in [0.1, 0.15) is 22.8 Å². The first-order chi connectivity index (χ1) is 8.51. The van der Waals surface area contributed by atoms with Crippen LogP contribution in [0.3, 0.4) is 0 Å². The number of ether oxygens (including phenoxy) is 1. The number of aromatic hydroxyl groups is 1. The highest BCUT2D eigenvalue weighted by atomic mass is 16.5. The van der Waals surface area contributed by atoms with E-state index >= 15 is 0 Å². The van der Waals surface area contributed by atoms with Crippen molar-refractivity contribution in [3.63, 3.8) is 0 Å². The summed E-state index contributed by atoms with van der Waals surface area (Å²) in [7, 11) is 1.50. The Labute approximate surface area is 107 Å². The molecule has 0 aliphatic rings. The molecular weight excluding hydrogens is 228 g/mol. The van der Waals surface area contributed by atoms with Gasteiger partial charge in [-0.25, -0.2) is 0 Å². The zero-order valence-corrected chi connectivity index (χ0v) is 10.6. The Kier molecular flexibility index (Phi) is 4.49. The van der Waals surface area contributed by atoms with Crippen molar-refractivity contribution in [2.75, 3.05) is 7.11 Å². The molecule has 0 bridgehead atoms. The van der Waals surface area contributed by atoms with E-state index in [0.717, 1.165) is 11.6 Å². The maximum Gasteiger partial charge on any atom is 0.188 e. The van der Waals surface area contributed by atoms with Crippen LogP contribution in [-0.4, -0.2) is 18.0 Å². The van der Waals surface area contributed by atoms with Gasteiger partial charge in [-0.05, 0) is 31.2 Å². The van der Waals surface area contributed by atoms with Crippen LogP contribution in [0, 0.1) is 0 Å². The second-order valence-electron chi connectivity index (χ2n) is 3.83. The van der Waals surface area contributed by atoms with Gasteiger partial charge in [0.25, 0.3) is 0 Å². The van der Waals surface area contributed by atoms with Gasteiger partial charge in [-0.3, -0.25) is 4.79 Å². The van der Waals surface area contributed by atoms with Crippen LogP contribution in [0.4, 0.5) is 0 Å². The fourth-order valence-corrected chi connectivity index (χ4v) is 1.46. The molecule has 0 atom stereocenters. The van der Waals surface area contributed by atoms with Crippen molar-refractivity contribution < 1.29 is 14.6 Å². The van der Waals surface area contributed by atoms with E-state index in [9.17, 15) is 9.90 Å². The van der Waals surface area contributed by atoms with Crippen LogP contribution in [-0.2, 0) is 0 Å². The number of carbonyl (C=O) groups excluding carboxylic acids is 1. The van der Waals surface area contributed by atoms with E-state index in [1.54, 1.807) is 18.2 Å². The number of benzene rings is 1. The zero-order chi connectivity index (χ0) is 13.7. The van der Waals surface area contributed by atoms with Crippen molar-refractivity contribution in [2.24, 2.45) is 0 Å². The van der Waals surface area contributed by atoms with Crippen LogP contribution >= 0.6 is 0 Å². The lowest BCUT2D eigenvalue weighted by Crippen LogP contribution is -1.97. The van der Waals surface area contributed by atoms with Crippen molar-refractivity contribution in [2.45, 2.75) is 6.92 Å². The number of rotatable bonds is 5. The topological polar surface area (TPSA) is 46.5 Å². The number of hydrogen-bond acceptors (Lipinski definition) is 3. The second-order valence-corrected chi connectivity index (χ2v) is 3.83. The molecule has 94 valence electrons. The zero-order valence-electron chi connectivity index (χ0n) is 10.6. The predicted molar refractivity (Wildman–Crippen MR) is 73.0 cm³/mol. The highest BCUT2D eigenvalue weighted by molar-refractivity contribution is 6.07. The fourth-order valence-electron chi connectivity index (χ4n) is 1.46. The SMILES string of the molecule is C=CC(=O)c1ccc(OC)c(C=CC(=C)C)c1O. The van der Waals surface area contributed by atoms with Crippen LogP contribution in [0.2, 0.25) is 0 Å². The minimum absolute atomic E-state index is 0.114. The van der Waals surface area contributed by atoms with Gasteiger partial charge < -0.3 is 9.84 Å². The number of hydrogen-bond donors (Lipinski definition) is 1. The first-order valence-corrected chi connectivity index (χ1v) is 5.41. The molecule has 0 spiro atoms. The summed E-state index contributed by atoms with van der Waals surface area (Å²) in [4.78, 5) is 11.6. The molecule has 18 heavy (non-hydrogen) atoms. The largest absolute Gasteiger partial charge is 0.506 e. The molecular formula is C15H16O3. The third kappa shape index (κ3) is 2.88. The molecule has 1 aromatic rings. The Morgan fingerprint density at radius 1 is 1.44 bits per heavy atom. The van der Waals surface area contributed by atoms with Gasteiger partial charge in [0.15, 0.2) is 5.78 Å². The molecule has 3 nitrogen and oxygen atoms in total. The van der Waals surface area contributed by atoms with Gasteiger partial charge in [0.05, 0.1) is 18.2 Å². The lowest BCUT2D eigenvalue weighted by Gasteiger charge is -2.10. The number of allylic oxidation sites excluding steroid dienone is 3. The first kappa shape index (κ1) is 13.8. The summed E-state index contributed by atoms with van der Waals surface area (Å²) >= 11 is 0. The standard InChI is InChI=1S/C15H16O3/c1-5-13(16)11-8-9-14(18-4)12(15(11)17)7-6-10(2)3/h5-9,17H,1-2H2,3-4H3. The van der Waals surface area contributed by atoms with E-state index in [-0.39, 0.29) is 17.1 Å². The molecule has 1 N–H and O–H groups in total. The number of carbonyl (C=O) groups is 1. The summed E-state index contributed by atoms with van der Waals surface area (Å²) in [6.45, 7) is 8.97. The molecule has 0 saturated heterocycles. The van der Waals surface area contributed by atoms with Crippen molar-refractivity contribution in [1.82, 2.24) is 0 Å². The minimum atomic E-state index is -0.333. The Balaban J connectivity index is 3.40. The van der Waals surface area contributed by atoms with Gasteiger partial charge in [0.1, 0.15) is 11.5 Å². The quantitative estimate of drug-likeness (QED) is 0.491. The average molecular weight is 244 g/mol. The maximum absolute atomic E-state index is 11.6. The summed E-state index contributed by atoms with van der Waals surface area (Å²) in [5.74, 6) is 0.0440. The lowest BCUT2D eigenvalue weighted by molar-refractivity contribution is 0.104. The third-order valence-corrected chi connectivity index (χ3v) is 2.38. The van der Waals surface area contributed by atoms with Gasteiger partial charge in [-0.15, -0.1) is 0 Å². The van der Waals surface area contributed by atoms with E-state index in [0.29, 0.717) is 11.3 Å². The smallest absolute Gasteiger partial charge is 0.188 e. The summed E-state index contributed by atoms with van der Waals surface area (Å²) in [6.07, 6.45) is 4.56. The van der Waals surface area contributed by atoms with Gasteiger partial charge in [-0.1, -0.05) is 24.8 Å².